The van der Waals surface area contributed by atoms with E-state index in [-0.39, 0.29) is 0 Å². The van der Waals surface area contributed by atoms with Gasteiger partial charge in [0, 0.05) is 6.54 Å². The van der Waals surface area contributed by atoms with Gasteiger partial charge in [0.05, 0.1) is 0 Å². The lowest BCUT2D eigenvalue weighted by Crippen LogP contribution is -2.23. The van der Waals surface area contributed by atoms with E-state index < -0.39 is 0 Å². The van der Waals surface area contributed by atoms with Crippen molar-refractivity contribution in [3.8, 4) is 11.1 Å². The average molecular weight is 287 g/mol. The molecule has 0 saturated carbocycles. The Balaban J connectivity index is 0.000000133. The molecule has 22 heavy (non-hydrogen) atoms. The van der Waals surface area contributed by atoms with Crippen LogP contribution in [0, 0.1) is 0 Å². The van der Waals surface area contributed by atoms with Gasteiger partial charge in [-0.2, -0.15) is 0 Å². The summed E-state index contributed by atoms with van der Waals surface area (Å²) in [6.07, 6.45) is 1.19. The van der Waals surface area contributed by atoms with Crippen LogP contribution < -0.4 is 5.32 Å². The summed E-state index contributed by atoms with van der Waals surface area (Å²) in [4.78, 5) is 0. The van der Waals surface area contributed by atoms with E-state index in [0.717, 1.165) is 13.1 Å². The fraction of sp³-hybridized carbons (Fsp3) is 0.143. The summed E-state index contributed by atoms with van der Waals surface area (Å²) in [5, 5.41) is 3.34. The monoisotopic (exact) mass is 287 g/mol. The molecular weight excluding hydrogens is 266 g/mol. The van der Waals surface area contributed by atoms with Crippen molar-refractivity contribution in [2.75, 3.05) is 6.54 Å². The van der Waals surface area contributed by atoms with E-state index in [0.29, 0.717) is 0 Å². The molecule has 0 radical (unpaired) electrons. The van der Waals surface area contributed by atoms with Gasteiger partial charge in [-0.05, 0) is 35.2 Å². The number of hydrogen-bond acceptors (Lipinski definition) is 1. The normalized spacial score (nSPS) is 12.7. The van der Waals surface area contributed by atoms with Crippen LogP contribution in [0.5, 0.6) is 0 Å². The van der Waals surface area contributed by atoms with Crippen molar-refractivity contribution >= 4 is 0 Å². The predicted molar refractivity (Wildman–Crippen MR) is 93.7 cm³/mol. The van der Waals surface area contributed by atoms with Gasteiger partial charge >= 0.3 is 0 Å². The van der Waals surface area contributed by atoms with Crippen LogP contribution in [-0.2, 0) is 13.0 Å². The Morgan fingerprint density at radius 3 is 1.59 bits per heavy atom. The van der Waals surface area contributed by atoms with Crippen LogP contribution in [0.2, 0.25) is 0 Å². The number of fused-ring (bicyclic) bond motifs is 1. The van der Waals surface area contributed by atoms with Crippen LogP contribution in [0.4, 0.5) is 0 Å². The van der Waals surface area contributed by atoms with Gasteiger partial charge < -0.3 is 5.32 Å². The first-order valence-corrected chi connectivity index (χ1v) is 7.81. The first kappa shape index (κ1) is 14.6. The maximum absolute atomic E-state index is 3.34. The van der Waals surface area contributed by atoms with Gasteiger partial charge in [0.15, 0.2) is 0 Å². The highest BCUT2D eigenvalue weighted by Crippen LogP contribution is 2.17. The Kier molecular flexibility index (Phi) is 5.01. The molecule has 0 unspecified atom stereocenters. The Morgan fingerprint density at radius 2 is 1.05 bits per heavy atom. The largest absolute Gasteiger partial charge is 0.312 e. The molecule has 1 aliphatic rings. The molecule has 0 bridgehead atoms. The third kappa shape index (κ3) is 3.84. The van der Waals surface area contributed by atoms with Crippen LogP contribution in [-0.4, -0.2) is 6.54 Å². The second-order valence-electron chi connectivity index (χ2n) is 5.43. The van der Waals surface area contributed by atoms with Gasteiger partial charge in [0.25, 0.3) is 0 Å². The minimum atomic E-state index is 1.05. The van der Waals surface area contributed by atoms with E-state index >= 15 is 0 Å². The molecule has 3 aromatic carbocycles. The zero-order valence-electron chi connectivity index (χ0n) is 12.7. The summed E-state index contributed by atoms with van der Waals surface area (Å²) < 4.78 is 0. The highest BCUT2D eigenvalue weighted by atomic mass is 14.9. The third-order valence-electron chi connectivity index (χ3n) is 3.89. The first-order chi connectivity index (χ1) is 10.9. The summed E-state index contributed by atoms with van der Waals surface area (Å²) in [5.41, 5.74) is 5.53. The molecule has 4 rings (SSSR count). The van der Waals surface area contributed by atoms with E-state index in [9.17, 15) is 0 Å². The van der Waals surface area contributed by atoms with Crippen molar-refractivity contribution in [2.24, 2.45) is 0 Å². The molecular formula is C21H21N. The smallest absolute Gasteiger partial charge is 0.0208 e. The molecule has 1 aliphatic heterocycles. The zero-order valence-corrected chi connectivity index (χ0v) is 12.7. The van der Waals surface area contributed by atoms with E-state index in [1.54, 1.807) is 0 Å². The highest BCUT2D eigenvalue weighted by Gasteiger charge is 2.05. The second kappa shape index (κ2) is 7.58. The summed E-state index contributed by atoms with van der Waals surface area (Å²) in [6.45, 7) is 2.19. The average Bonchev–Trinajstić information content (AvgIpc) is 2.64. The molecule has 1 nitrogen and oxygen atoms in total. The van der Waals surface area contributed by atoms with E-state index in [1.807, 2.05) is 12.1 Å². The predicted octanol–water partition coefficient (Wildman–Crippen LogP) is 4.69. The lowest BCUT2D eigenvalue weighted by atomic mass is 10.0. The molecule has 1 N–H and O–H groups in total. The van der Waals surface area contributed by atoms with Gasteiger partial charge in [0.2, 0.25) is 0 Å². The minimum Gasteiger partial charge on any atom is -0.312 e. The summed E-state index contributed by atoms with van der Waals surface area (Å²) in [7, 11) is 0. The quantitative estimate of drug-likeness (QED) is 0.685. The molecule has 0 spiro atoms. The van der Waals surface area contributed by atoms with Crippen molar-refractivity contribution in [3.63, 3.8) is 0 Å². The van der Waals surface area contributed by atoms with Crippen LogP contribution in [0.15, 0.2) is 84.9 Å². The molecule has 0 saturated heterocycles. The Hall–Kier alpha value is -2.38. The minimum absolute atomic E-state index is 1.05. The summed E-state index contributed by atoms with van der Waals surface area (Å²) in [5.74, 6) is 0. The number of nitrogens with one attached hydrogen (secondary N) is 1. The van der Waals surface area contributed by atoms with Gasteiger partial charge in [-0.3, -0.25) is 0 Å². The molecule has 110 valence electrons. The molecule has 0 aliphatic carbocycles. The lowest BCUT2D eigenvalue weighted by Gasteiger charge is -2.15. The molecule has 1 heterocycles. The molecule has 0 amide bonds. The van der Waals surface area contributed by atoms with Crippen molar-refractivity contribution in [2.45, 2.75) is 13.0 Å². The van der Waals surface area contributed by atoms with Crippen molar-refractivity contribution in [3.05, 3.63) is 96.1 Å². The lowest BCUT2D eigenvalue weighted by molar-refractivity contribution is 0.644. The fourth-order valence-electron chi connectivity index (χ4n) is 2.68. The topological polar surface area (TPSA) is 12.0 Å². The van der Waals surface area contributed by atoms with E-state index in [4.69, 9.17) is 0 Å². The summed E-state index contributed by atoms with van der Waals surface area (Å²) >= 11 is 0. The number of hydrogen-bond donors (Lipinski definition) is 1. The standard InChI is InChI=1S/C12H10.C9H11N/c1-3-7-11(8-4-1)12-9-5-2-6-10-12;1-2-4-9-7-10-6-5-8(9)3-1/h1-10H;1-4,10H,5-7H2. The maximum Gasteiger partial charge on any atom is 0.0208 e. The highest BCUT2D eigenvalue weighted by molar-refractivity contribution is 5.62. The SMILES string of the molecule is c1ccc(-c2ccccc2)cc1.c1ccc2c(c1)CCNC2. The van der Waals surface area contributed by atoms with Crippen LogP contribution in [0.25, 0.3) is 11.1 Å². The van der Waals surface area contributed by atoms with Crippen LogP contribution in [0.1, 0.15) is 11.1 Å². The van der Waals surface area contributed by atoms with Gasteiger partial charge in [-0.1, -0.05) is 84.9 Å². The maximum atomic E-state index is 3.34. The fourth-order valence-corrected chi connectivity index (χ4v) is 2.68. The van der Waals surface area contributed by atoms with Crippen molar-refractivity contribution < 1.29 is 0 Å². The molecule has 0 aromatic heterocycles. The van der Waals surface area contributed by atoms with Gasteiger partial charge in [-0.25, -0.2) is 0 Å². The molecule has 1 heteroatoms. The third-order valence-corrected chi connectivity index (χ3v) is 3.89. The summed E-state index contributed by atoms with van der Waals surface area (Å²) in [6, 6.07) is 29.4. The van der Waals surface area contributed by atoms with Crippen LogP contribution in [0.3, 0.4) is 0 Å². The first-order valence-electron chi connectivity index (χ1n) is 7.81. The molecule has 0 atom stereocenters. The van der Waals surface area contributed by atoms with E-state index in [1.165, 1.54) is 28.7 Å². The van der Waals surface area contributed by atoms with E-state index in [2.05, 4.69) is 78.1 Å². The van der Waals surface area contributed by atoms with Crippen LogP contribution >= 0.6 is 0 Å². The van der Waals surface area contributed by atoms with Crippen molar-refractivity contribution in [1.29, 1.82) is 0 Å². The molecule has 3 aromatic rings. The zero-order chi connectivity index (χ0) is 15.0. The van der Waals surface area contributed by atoms with Gasteiger partial charge in [-0.15, -0.1) is 0 Å². The second-order valence-corrected chi connectivity index (χ2v) is 5.43. The number of rotatable bonds is 1. The number of benzene rings is 3. The van der Waals surface area contributed by atoms with Gasteiger partial charge in [0.1, 0.15) is 0 Å². The Morgan fingerprint density at radius 1 is 0.545 bits per heavy atom. The molecule has 0 fully saturated rings. The Bertz CT molecular complexity index is 627. The van der Waals surface area contributed by atoms with Crippen molar-refractivity contribution in [1.82, 2.24) is 5.32 Å². The Labute approximate surface area is 132 Å².